The zero-order valence-corrected chi connectivity index (χ0v) is 19.1. The van der Waals surface area contributed by atoms with Gasteiger partial charge in [0, 0.05) is 11.3 Å². The highest BCUT2D eigenvalue weighted by Gasteiger charge is 2.19. The number of halogens is 1. The van der Waals surface area contributed by atoms with Gasteiger partial charge in [-0.1, -0.05) is 42.5 Å². The molecule has 1 amide bonds. The van der Waals surface area contributed by atoms with E-state index in [0.29, 0.717) is 34.0 Å². The summed E-state index contributed by atoms with van der Waals surface area (Å²) < 4.78 is 12.2. The summed E-state index contributed by atoms with van der Waals surface area (Å²) in [6.45, 7) is 2.02. The molecular weight excluding hydrogens is 468 g/mol. The lowest BCUT2D eigenvalue weighted by molar-refractivity contribution is 0.102. The van der Waals surface area contributed by atoms with Gasteiger partial charge in [0.05, 0.1) is 17.1 Å². The molecule has 32 heavy (non-hydrogen) atoms. The number of rotatable bonds is 4. The Hall–Kier alpha value is -3.64. The number of hydrogen-bond donors (Lipinski definition) is 1. The van der Waals surface area contributed by atoms with Crippen molar-refractivity contribution >= 4 is 49.4 Å². The van der Waals surface area contributed by atoms with Gasteiger partial charge in [0.15, 0.2) is 5.58 Å². The van der Waals surface area contributed by atoms with Crippen LogP contribution in [0.2, 0.25) is 0 Å². The monoisotopic (exact) mass is 486 g/mol. The number of benzene rings is 4. The van der Waals surface area contributed by atoms with Gasteiger partial charge in [-0.15, -0.1) is 0 Å². The Morgan fingerprint density at radius 2 is 1.81 bits per heavy atom. The van der Waals surface area contributed by atoms with Crippen LogP contribution in [0.15, 0.2) is 81.7 Å². The maximum absolute atomic E-state index is 13.1. The highest BCUT2D eigenvalue weighted by Crippen LogP contribution is 2.37. The smallest absolute Gasteiger partial charge is 0.259 e. The summed E-state index contributed by atoms with van der Waals surface area (Å²) in [4.78, 5) is 17.8. The third-order valence-corrected chi connectivity index (χ3v) is 6.20. The van der Waals surface area contributed by atoms with E-state index in [1.54, 1.807) is 19.2 Å². The number of fused-ring (bicyclic) bond motifs is 2. The number of oxazole rings is 1. The predicted molar refractivity (Wildman–Crippen MR) is 130 cm³/mol. The van der Waals surface area contributed by atoms with Crippen LogP contribution in [-0.2, 0) is 0 Å². The minimum absolute atomic E-state index is 0.268. The molecule has 158 valence electrons. The Balaban J connectivity index is 1.49. The summed E-state index contributed by atoms with van der Waals surface area (Å²) in [6.07, 6.45) is 0. The first kappa shape index (κ1) is 20.3. The van der Waals surface area contributed by atoms with Gasteiger partial charge in [-0.2, -0.15) is 0 Å². The molecule has 0 fully saturated rings. The molecular formula is C26H19BrN2O3. The second kappa shape index (κ2) is 8.13. The van der Waals surface area contributed by atoms with Crippen LogP contribution in [0.5, 0.6) is 5.75 Å². The van der Waals surface area contributed by atoms with Crippen LogP contribution in [0, 0.1) is 6.92 Å². The van der Waals surface area contributed by atoms with Crippen LogP contribution in [-0.4, -0.2) is 18.0 Å². The molecule has 0 atom stereocenters. The Kier molecular flexibility index (Phi) is 5.15. The van der Waals surface area contributed by atoms with Crippen LogP contribution in [0.25, 0.3) is 33.3 Å². The van der Waals surface area contributed by atoms with Gasteiger partial charge in [0.1, 0.15) is 11.3 Å². The molecule has 0 spiro atoms. The molecule has 5 nitrogen and oxygen atoms in total. The highest BCUT2D eigenvalue weighted by atomic mass is 79.9. The lowest BCUT2D eigenvalue weighted by Gasteiger charge is -2.13. The Morgan fingerprint density at radius 1 is 1.03 bits per heavy atom. The molecule has 0 bridgehead atoms. The SMILES string of the molecule is COc1c(C(=O)Nc2ccc3oc(-c4ccccc4C)nc3c2)cc2ccccc2c1Br. The number of ether oxygens (including phenoxy) is 1. The zero-order chi connectivity index (χ0) is 22.2. The number of carbonyl (C=O) groups is 1. The topological polar surface area (TPSA) is 64.4 Å². The molecule has 1 aromatic heterocycles. The first-order valence-electron chi connectivity index (χ1n) is 10.1. The molecule has 0 radical (unpaired) electrons. The van der Waals surface area contributed by atoms with E-state index < -0.39 is 0 Å². The molecule has 6 heteroatoms. The van der Waals surface area contributed by atoms with Crippen molar-refractivity contribution in [2.24, 2.45) is 0 Å². The van der Waals surface area contributed by atoms with Gasteiger partial charge in [0.25, 0.3) is 5.91 Å². The number of aromatic nitrogens is 1. The van der Waals surface area contributed by atoms with E-state index >= 15 is 0 Å². The van der Waals surface area contributed by atoms with Crippen LogP contribution < -0.4 is 10.1 Å². The summed E-state index contributed by atoms with van der Waals surface area (Å²) in [7, 11) is 1.56. The van der Waals surface area contributed by atoms with E-state index in [1.165, 1.54) is 0 Å². The van der Waals surface area contributed by atoms with E-state index in [9.17, 15) is 4.79 Å². The third kappa shape index (κ3) is 3.52. The van der Waals surface area contributed by atoms with Crippen LogP contribution in [0.1, 0.15) is 15.9 Å². The fraction of sp³-hybridized carbons (Fsp3) is 0.0769. The fourth-order valence-electron chi connectivity index (χ4n) is 3.78. The number of nitrogens with zero attached hydrogens (tertiary/aromatic N) is 1. The van der Waals surface area contributed by atoms with Gasteiger partial charge < -0.3 is 14.5 Å². The molecule has 1 N–H and O–H groups in total. The minimum atomic E-state index is -0.268. The molecule has 5 rings (SSSR count). The summed E-state index contributed by atoms with van der Waals surface area (Å²) >= 11 is 3.58. The average molecular weight is 487 g/mol. The molecule has 5 aromatic rings. The number of anilines is 1. The lowest BCUT2D eigenvalue weighted by Crippen LogP contribution is -2.13. The van der Waals surface area contributed by atoms with Crippen LogP contribution >= 0.6 is 15.9 Å². The second-order valence-electron chi connectivity index (χ2n) is 7.46. The first-order chi connectivity index (χ1) is 15.5. The van der Waals surface area contributed by atoms with E-state index in [0.717, 1.165) is 26.4 Å². The van der Waals surface area contributed by atoms with E-state index in [2.05, 4.69) is 26.2 Å². The van der Waals surface area contributed by atoms with Crippen molar-refractivity contribution in [3.63, 3.8) is 0 Å². The standard InChI is InChI=1S/C26H19BrN2O3/c1-15-7-3-5-9-18(15)26-29-21-14-17(11-12-22(21)32-26)28-25(30)20-13-16-8-4-6-10-19(16)23(27)24(20)31-2/h3-14H,1-2H3,(H,28,30). The van der Waals surface area contributed by atoms with Crippen molar-refractivity contribution in [3.8, 4) is 17.2 Å². The Labute approximate surface area is 193 Å². The highest BCUT2D eigenvalue weighted by molar-refractivity contribution is 9.10. The average Bonchev–Trinajstić information content (AvgIpc) is 3.22. The van der Waals surface area contributed by atoms with Gasteiger partial charge in [-0.05, 0) is 69.5 Å². The zero-order valence-electron chi connectivity index (χ0n) is 17.5. The molecule has 4 aromatic carbocycles. The third-order valence-electron chi connectivity index (χ3n) is 5.41. The number of aryl methyl sites for hydroxylation is 1. The van der Waals surface area contributed by atoms with Crippen molar-refractivity contribution in [1.29, 1.82) is 0 Å². The van der Waals surface area contributed by atoms with Gasteiger partial charge in [-0.25, -0.2) is 4.98 Å². The van der Waals surface area contributed by atoms with Gasteiger partial charge in [-0.3, -0.25) is 4.79 Å². The summed E-state index contributed by atoms with van der Waals surface area (Å²) in [5.74, 6) is 0.780. The van der Waals surface area contributed by atoms with Crippen molar-refractivity contribution in [2.75, 3.05) is 12.4 Å². The summed E-state index contributed by atoms with van der Waals surface area (Å²) in [6, 6.07) is 23.0. The van der Waals surface area contributed by atoms with Crippen molar-refractivity contribution < 1.29 is 13.9 Å². The predicted octanol–water partition coefficient (Wildman–Crippen LogP) is 6.98. The van der Waals surface area contributed by atoms with Crippen LogP contribution in [0.3, 0.4) is 0 Å². The first-order valence-corrected chi connectivity index (χ1v) is 10.9. The number of amides is 1. The molecule has 0 saturated heterocycles. The van der Waals surface area contributed by atoms with Gasteiger partial charge >= 0.3 is 0 Å². The van der Waals surface area contributed by atoms with Crippen molar-refractivity contribution in [2.45, 2.75) is 6.92 Å². The maximum atomic E-state index is 13.1. The quantitative estimate of drug-likeness (QED) is 0.297. The number of nitrogens with one attached hydrogen (secondary N) is 1. The van der Waals surface area contributed by atoms with E-state index in [4.69, 9.17) is 9.15 Å². The lowest BCUT2D eigenvalue weighted by atomic mass is 10.1. The molecule has 0 unspecified atom stereocenters. The molecule has 1 heterocycles. The second-order valence-corrected chi connectivity index (χ2v) is 8.26. The Morgan fingerprint density at radius 3 is 2.62 bits per heavy atom. The molecule has 0 aliphatic rings. The normalized spacial score (nSPS) is 11.1. The largest absolute Gasteiger partial charge is 0.495 e. The van der Waals surface area contributed by atoms with Crippen molar-refractivity contribution in [1.82, 2.24) is 4.98 Å². The molecule has 0 saturated carbocycles. The van der Waals surface area contributed by atoms with E-state index in [-0.39, 0.29) is 5.91 Å². The number of carbonyl (C=O) groups excluding carboxylic acids is 1. The van der Waals surface area contributed by atoms with Crippen molar-refractivity contribution in [3.05, 3.63) is 88.4 Å². The molecule has 0 aliphatic heterocycles. The Bertz CT molecular complexity index is 1490. The van der Waals surface area contributed by atoms with Crippen LogP contribution in [0.4, 0.5) is 5.69 Å². The fourth-order valence-corrected chi connectivity index (χ4v) is 4.52. The summed E-state index contributed by atoms with van der Waals surface area (Å²) in [5, 5.41) is 4.88. The maximum Gasteiger partial charge on any atom is 0.259 e. The number of hydrogen-bond acceptors (Lipinski definition) is 4. The van der Waals surface area contributed by atoms with Gasteiger partial charge in [0.2, 0.25) is 5.89 Å². The minimum Gasteiger partial charge on any atom is -0.495 e. The molecule has 0 aliphatic carbocycles. The van der Waals surface area contributed by atoms with E-state index in [1.807, 2.05) is 67.6 Å². The summed E-state index contributed by atoms with van der Waals surface area (Å²) in [5.41, 5.74) is 4.43. The number of methoxy groups -OCH3 is 1.